The second-order valence-corrected chi connectivity index (χ2v) is 12.0. The van der Waals surface area contributed by atoms with E-state index in [0.717, 1.165) is 53.7 Å². The minimum atomic E-state index is 0.565. The lowest BCUT2D eigenvalue weighted by Crippen LogP contribution is -2.55. The van der Waals surface area contributed by atoms with Crippen molar-refractivity contribution >= 4 is 12.9 Å². The van der Waals surface area contributed by atoms with Crippen LogP contribution in [0.2, 0.25) is 0 Å². The van der Waals surface area contributed by atoms with E-state index < -0.39 is 0 Å². The number of hydrogen-bond donors (Lipinski definition) is 2. The summed E-state index contributed by atoms with van der Waals surface area (Å²) in [4.78, 5) is 0. The SMILES string of the molecule is C=C(CCC(C)C1CCC2C3CCC4CC(NC)CCC4(C)C3CCC12C)OS. The van der Waals surface area contributed by atoms with Crippen molar-refractivity contribution in [3.63, 3.8) is 0 Å². The van der Waals surface area contributed by atoms with Gasteiger partial charge in [-0.3, -0.25) is 0 Å². The lowest BCUT2D eigenvalue weighted by molar-refractivity contribution is -0.117. The Kier molecular flexibility index (Phi) is 6.40. The monoisotopic (exact) mass is 419 g/mol. The molecule has 4 fully saturated rings. The van der Waals surface area contributed by atoms with Gasteiger partial charge in [0.2, 0.25) is 0 Å². The zero-order chi connectivity index (χ0) is 20.8. The highest BCUT2D eigenvalue weighted by atomic mass is 32.1. The van der Waals surface area contributed by atoms with Gasteiger partial charge >= 0.3 is 0 Å². The molecule has 9 atom stereocenters. The zero-order valence-corrected chi connectivity index (χ0v) is 20.3. The van der Waals surface area contributed by atoms with E-state index in [1.807, 2.05) is 0 Å². The van der Waals surface area contributed by atoms with Crippen molar-refractivity contribution in [1.29, 1.82) is 0 Å². The van der Waals surface area contributed by atoms with Crippen LogP contribution < -0.4 is 5.32 Å². The molecule has 0 aromatic carbocycles. The molecule has 0 aliphatic heterocycles. The van der Waals surface area contributed by atoms with Gasteiger partial charge in [-0.1, -0.05) is 27.4 Å². The molecule has 4 aliphatic rings. The van der Waals surface area contributed by atoms with E-state index in [9.17, 15) is 0 Å². The maximum absolute atomic E-state index is 5.04. The average Bonchev–Trinajstić information content (AvgIpc) is 3.08. The fraction of sp³-hybridized carbons (Fsp3) is 0.923. The average molecular weight is 420 g/mol. The van der Waals surface area contributed by atoms with Crippen LogP contribution in [0.3, 0.4) is 0 Å². The van der Waals surface area contributed by atoms with Crippen molar-refractivity contribution < 1.29 is 4.18 Å². The Morgan fingerprint density at radius 2 is 1.79 bits per heavy atom. The third-order valence-corrected chi connectivity index (χ3v) is 11.1. The van der Waals surface area contributed by atoms with Gasteiger partial charge in [0.1, 0.15) is 5.76 Å². The van der Waals surface area contributed by atoms with E-state index in [-0.39, 0.29) is 0 Å². The molecule has 4 saturated carbocycles. The lowest BCUT2D eigenvalue weighted by atomic mass is 9.44. The molecule has 0 bridgehead atoms. The van der Waals surface area contributed by atoms with E-state index in [2.05, 4.69) is 52.6 Å². The largest absolute Gasteiger partial charge is 0.434 e. The molecule has 29 heavy (non-hydrogen) atoms. The van der Waals surface area contributed by atoms with Crippen molar-refractivity contribution in [2.24, 2.45) is 46.3 Å². The van der Waals surface area contributed by atoms with Crippen molar-refractivity contribution in [2.45, 2.75) is 97.4 Å². The van der Waals surface area contributed by atoms with Crippen LogP contribution in [0, 0.1) is 46.3 Å². The van der Waals surface area contributed by atoms with Crippen LogP contribution in [0.25, 0.3) is 0 Å². The minimum Gasteiger partial charge on any atom is -0.434 e. The molecule has 4 aliphatic carbocycles. The van der Waals surface area contributed by atoms with Crippen LogP contribution in [-0.2, 0) is 4.18 Å². The minimum absolute atomic E-state index is 0.565. The van der Waals surface area contributed by atoms with Crippen LogP contribution in [0.4, 0.5) is 0 Å². The number of fused-ring (bicyclic) bond motifs is 5. The van der Waals surface area contributed by atoms with Crippen LogP contribution in [0.15, 0.2) is 12.3 Å². The van der Waals surface area contributed by atoms with Gasteiger partial charge < -0.3 is 9.50 Å². The third-order valence-electron chi connectivity index (χ3n) is 10.8. The third kappa shape index (κ3) is 3.71. The topological polar surface area (TPSA) is 21.3 Å². The standard InChI is InChI=1S/C26H45NOS/c1-17(6-7-18(2)28-29)22-10-11-23-21-9-8-19-16-20(27-5)12-14-25(19,3)24(21)13-15-26(22,23)4/h17,19-24,27,29H,2,6-16H2,1,3-5H3. The number of allylic oxidation sites excluding steroid dienone is 1. The summed E-state index contributed by atoms with van der Waals surface area (Å²) in [5, 5.41) is 3.59. The predicted molar refractivity (Wildman–Crippen MR) is 126 cm³/mol. The summed E-state index contributed by atoms with van der Waals surface area (Å²) in [5.41, 5.74) is 1.18. The highest BCUT2D eigenvalue weighted by Gasteiger charge is 2.60. The van der Waals surface area contributed by atoms with E-state index in [1.165, 1.54) is 64.2 Å². The summed E-state index contributed by atoms with van der Waals surface area (Å²) < 4.78 is 5.04. The van der Waals surface area contributed by atoms with Crippen LogP contribution in [0.1, 0.15) is 91.4 Å². The molecule has 0 saturated heterocycles. The molecule has 0 spiro atoms. The van der Waals surface area contributed by atoms with Crippen molar-refractivity contribution in [1.82, 2.24) is 5.32 Å². The van der Waals surface area contributed by atoms with Crippen molar-refractivity contribution in [3.05, 3.63) is 12.3 Å². The molecule has 1 N–H and O–H groups in total. The Labute approximate surface area is 185 Å². The molecule has 0 aromatic rings. The van der Waals surface area contributed by atoms with Crippen molar-refractivity contribution in [2.75, 3.05) is 7.05 Å². The second-order valence-electron chi connectivity index (χ2n) is 11.8. The molecule has 3 heteroatoms. The van der Waals surface area contributed by atoms with Gasteiger partial charge in [0.25, 0.3) is 0 Å². The molecule has 166 valence electrons. The Balaban J connectivity index is 1.47. The summed E-state index contributed by atoms with van der Waals surface area (Å²) in [6.45, 7) is 11.8. The van der Waals surface area contributed by atoms with Gasteiger partial charge in [-0.05, 0) is 118 Å². The van der Waals surface area contributed by atoms with Crippen molar-refractivity contribution in [3.8, 4) is 0 Å². The number of rotatable bonds is 6. The highest BCUT2D eigenvalue weighted by Crippen LogP contribution is 2.68. The molecule has 2 nitrogen and oxygen atoms in total. The second kappa shape index (κ2) is 8.41. The molecule has 4 rings (SSSR count). The van der Waals surface area contributed by atoms with Gasteiger partial charge in [0.05, 0.1) is 0 Å². The van der Waals surface area contributed by atoms with Crippen LogP contribution >= 0.6 is 12.9 Å². The maximum atomic E-state index is 5.04. The Morgan fingerprint density at radius 3 is 2.52 bits per heavy atom. The number of thiol groups is 1. The Hall–Kier alpha value is -0.150. The van der Waals surface area contributed by atoms with Gasteiger partial charge in [-0.2, -0.15) is 0 Å². The Morgan fingerprint density at radius 1 is 1.07 bits per heavy atom. The quantitative estimate of drug-likeness (QED) is 0.274. The summed E-state index contributed by atoms with van der Waals surface area (Å²) in [5.74, 6) is 6.39. The van der Waals surface area contributed by atoms with E-state index in [1.54, 1.807) is 0 Å². The number of nitrogens with one attached hydrogen (secondary N) is 1. The van der Waals surface area contributed by atoms with E-state index >= 15 is 0 Å². The fourth-order valence-electron chi connectivity index (χ4n) is 9.13. The van der Waals surface area contributed by atoms with Gasteiger partial charge in [0.15, 0.2) is 0 Å². The molecule has 0 amide bonds. The molecule has 0 aromatic heterocycles. The molecule has 0 heterocycles. The van der Waals surface area contributed by atoms with Gasteiger partial charge in [0, 0.05) is 25.4 Å². The summed E-state index contributed by atoms with van der Waals surface area (Å²) >= 11 is 3.92. The smallest absolute Gasteiger partial charge is 0.106 e. The first-order chi connectivity index (χ1) is 13.8. The van der Waals surface area contributed by atoms with E-state index in [4.69, 9.17) is 4.18 Å². The lowest BCUT2D eigenvalue weighted by Gasteiger charge is -2.61. The summed E-state index contributed by atoms with van der Waals surface area (Å²) in [6, 6.07) is 0.770. The number of hydrogen-bond acceptors (Lipinski definition) is 3. The highest BCUT2D eigenvalue weighted by molar-refractivity contribution is 7.75. The normalized spacial score (nSPS) is 47.6. The summed E-state index contributed by atoms with van der Waals surface area (Å²) in [7, 11) is 2.17. The first kappa shape index (κ1) is 22.1. The fourth-order valence-corrected chi connectivity index (χ4v) is 9.22. The van der Waals surface area contributed by atoms with Crippen LogP contribution in [-0.4, -0.2) is 13.1 Å². The molecular formula is C26H45NOS. The first-order valence-electron chi connectivity index (χ1n) is 12.5. The maximum Gasteiger partial charge on any atom is 0.106 e. The van der Waals surface area contributed by atoms with Gasteiger partial charge in [-0.15, -0.1) is 0 Å². The summed E-state index contributed by atoms with van der Waals surface area (Å²) in [6.07, 6.45) is 15.3. The molecular weight excluding hydrogens is 374 g/mol. The van der Waals surface area contributed by atoms with E-state index in [0.29, 0.717) is 10.8 Å². The van der Waals surface area contributed by atoms with Gasteiger partial charge in [-0.25, -0.2) is 0 Å². The Bertz CT molecular complexity index is 608. The predicted octanol–water partition coefficient (Wildman–Crippen LogP) is 7.02. The zero-order valence-electron chi connectivity index (χ0n) is 19.4. The first-order valence-corrected chi connectivity index (χ1v) is 12.9. The molecule has 0 radical (unpaired) electrons. The molecule has 9 unspecified atom stereocenters. The van der Waals surface area contributed by atoms with Crippen LogP contribution in [0.5, 0.6) is 0 Å².